The Kier molecular flexibility index (Phi) is 5.02. The minimum atomic E-state index is -0.211. The fraction of sp³-hybridized carbons (Fsp3) is 0.471. The van der Waals surface area contributed by atoms with E-state index in [0.717, 1.165) is 30.8 Å². The minimum absolute atomic E-state index is 0.211. The average molecular weight is 314 g/mol. The minimum Gasteiger partial charge on any atom is -0.469 e. The van der Waals surface area contributed by atoms with Crippen LogP contribution < -0.4 is 0 Å². The highest BCUT2D eigenvalue weighted by molar-refractivity contribution is 5.68. The third-order valence-electron chi connectivity index (χ3n) is 4.24. The molecule has 1 aliphatic heterocycles. The van der Waals surface area contributed by atoms with Crippen LogP contribution in [-0.2, 0) is 22.6 Å². The van der Waals surface area contributed by atoms with E-state index in [9.17, 15) is 4.79 Å². The molecule has 1 fully saturated rings. The van der Waals surface area contributed by atoms with Crippen LogP contribution in [0.3, 0.4) is 0 Å². The third kappa shape index (κ3) is 3.96. The lowest BCUT2D eigenvalue weighted by atomic mass is 10.1. The molecular weight excluding hydrogens is 292 g/mol. The lowest BCUT2D eigenvalue weighted by Crippen LogP contribution is -2.23. The number of ether oxygens (including phenoxy) is 1. The summed E-state index contributed by atoms with van der Waals surface area (Å²) in [6.07, 6.45) is 8.43. The van der Waals surface area contributed by atoms with Crippen molar-refractivity contribution in [2.75, 3.05) is 13.7 Å². The lowest BCUT2D eigenvalue weighted by molar-refractivity contribution is -0.140. The molecule has 0 aromatic carbocycles. The molecule has 1 saturated heterocycles. The summed E-state index contributed by atoms with van der Waals surface area (Å²) in [7, 11) is 1.40. The van der Waals surface area contributed by atoms with Crippen molar-refractivity contribution in [3.63, 3.8) is 0 Å². The van der Waals surface area contributed by atoms with Crippen molar-refractivity contribution < 1.29 is 9.53 Å². The predicted molar refractivity (Wildman–Crippen MR) is 85.5 cm³/mol. The molecule has 1 atom stereocenters. The Morgan fingerprint density at radius 3 is 3.13 bits per heavy atom. The van der Waals surface area contributed by atoms with Crippen LogP contribution in [0.5, 0.6) is 0 Å². The first kappa shape index (κ1) is 15.7. The van der Waals surface area contributed by atoms with Gasteiger partial charge in [-0.05, 0) is 31.5 Å². The van der Waals surface area contributed by atoms with Crippen molar-refractivity contribution in [3.8, 4) is 0 Å². The molecule has 0 bridgehead atoms. The fourth-order valence-corrected chi connectivity index (χ4v) is 3.08. The molecule has 0 saturated carbocycles. The Labute approximate surface area is 136 Å². The Bertz CT molecular complexity index is 641. The van der Waals surface area contributed by atoms with Gasteiger partial charge in [-0.3, -0.25) is 19.4 Å². The second-order valence-corrected chi connectivity index (χ2v) is 5.82. The van der Waals surface area contributed by atoms with E-state index in [1.807, 2.05) is 30.7 Å². The zero-order valence-electron chi connectivity index (χ0n) is 13.4. The van der Waals surface area contributed by atoms with E-state index >= 15 is 0 Å². The molecule has 0 radical (unpaired) electrons. The summed E-state index contributed by atoms with van der Waals surface area (Å²) >= 11 is 0. The molecule has 1 unspecified atom stereocenters. The van der Waals surface area contributed by atoms with Crippen LogP contribution in [-0.4, -0.2) is 39.3 Å². The largest absolute Gasteiger partial charge is 0.469 e. The van der Waals surface area contributed by atoms with Gasteiger partial charge in [-0.1, -0.05) is 6.07 Å². The topological polar surface area (TPSA) is 60.2 Å². The van der Waals surface area contributed by atoms with Crippen molar-refractivity contribution in [1.29, 1.82) is 0 Å². The molecular formula is C17H22N4O2. The van der Waals surface area contributed by atoms with Crippen molar-refractivity contribution in [1.82, 2.24) is 19.7 Å². The number of pyridine rings is 1. The first-order chi connectivity index (χ1) is 11.3. The van der Waals surface area contributed by atoms with Crippen molar-refractivity contribution >= 4 is 5.97 Å². The molecule has 2 aromatic rings. The Hall–Kier alpha value is -2.21. The van der Waals surface area contributed by atoms with Gasteiger partial charge in [0.1, 0.15) is 0 Å². The molecule has 0 N–H and O–H groups in total. The highest BCUT2D eigenvalue weighted by atomic mass is 16.5. The van der Waals surface area contributed by atoms with Crippen LogP contribution in [0.1, 0.15) is 36.6 Å². The Morgan fingerprint density at radius 2 is 2.35 bits per heavy atom. The molecule has 1 aliphatic rings. The summed E-state index contributed by atoms with van der Waals surface area (Å²) in [5.41, 5.74) is 2.31. The summed E-state index contributed by atoms with van der Waals surface area (Å²) in [4.78, 5) is 18.1. The first-order valence-electron chi connectivity index (χ1n) is 7.99. The van der Waals surface area contributed by atoms with Gasteiger partial charge in [0.15, 0.2) is 0 Å². The maximum Gasteiger partial charge on any atom is 0.307 e. The maximum absolute atomic E-state index is 11.2. The number of aryl methyl sites for hydroxylation is 1. The van der Waals surface area contributed by atoms with Crippen LogP contribution >= 0.6 is 0 Å². The molecule has 23 heavy (non-hydrogen) atoms. The van der Waals surface area contributed by atoms with Crippen LogP contribution in [0.25, 0.3) is 0 Å². The standard InChI is InChI=1S/C17H22N4O2/c1-23-17(22)7-10-21-13-14(11-19-21)12-20-9-4-6-16(20)15-5-2-3-8-18-15/h2-3,5,8,11,13,16H,4,6-7,9-10,12H2,1H3. The van der Waals surface area contributed by atoms with Crippen molar-refractivity contribution in [2.24, 2.45) is 0 Å². The zero-order chi connectivity index (χ0) is 16.1. The van der Waals surface area contributed by atoms with E-state index in [4.69, 9.17) is 0 Å². The van der Waals surface area contributed by atoms with Gasteiger partial charge in [-0.2, -0.15) is 5.10 Å². The molecule has 0 aliphatic carbocycles. The van der Waals surface area contributed by atoms with E-state index < -0.39 is 0 Å². The molecule has 3 heterocycles. The zero-order valence-corrected chi connectivity index (χ0v) is 13.4. The molecule has 0 amide bonds. The van der Waals surface area contributed by atoms with Gasteiger partial charge in [0.25, 0.3) is 0 Å². The van der Waals surface area contributed by atoms with Gasteiger partial charge in [-0.25, -0.2) is 0 Å². The van der Waals surface area contributed by atoms with Crippen LogP contribution in [0.15, 0.2) is 36.8 Å². The number of hydrogen-bond donors (Lipinski definition) is 0. The summed E-state index contributed by atoms with van der Waals surface area (Å²) in [6.45, 7) is 2.49. The highest BCUT2D eigenvalue weighted by Gasteiger charge is 2.27. The molecule has 2 aromatic heterocycles. The van der Waals surface area contributed by atoms with E-state index in [2.05, 4.69) is 25.8 Å². The molecule has 6 heteroatoms. The number of carbonyl (C=O) groups is 1. The Morgan fingerprint density at radius 1 is 1.43 bits per heavy atom. The number of nitrogens with zero attached hydrogens (tertiary/aromatic N) is 4. The maximum atomic E-state index is 11.2. The van der Waals surface area contributed by atoms with Crippen molar-refractivity contribution in [2.45, 2.75) is 38.4 Å². The molecule has 0 spiro atoms. The number of methoxy groups -OCH3 is 1. The normalized spacial score (nSPS) is 18.2. The van der Waals surface area contributed by atoms with E-state index in [0.29, 0.717) is 19.0 Å². The summed E-state index contributed by atoms with van der Waals surface area (Å²) in [5, 5.41) is 4.33. The van der Waals surface area contributed by atoms with Gasteiger partial charge < -0.3 is 4.74 Å². The SMILES string of the molecule is COC(=O)CCn1cc(CN2CCCC2c2ccccn2)cn1. The van der Waals surface area contributed by atoms with E-state index in [-0.39, 0.29) is 5.97 Å². The lowest BCUT2D eigenvalue weighted by Gasteiger charge is -2.23. The van der Waals surface area contributed by atoms with Crippen LogP contribution in [0.2, 0.25) is 0 Å². The first-order valence-corrected chi connectivity index (χ1v) is 7.99. The van der Waals surface area contributed by atoms with Crippen molar-refractivity contribution in [3.05, 3.63) is 48.0 Å². The fourth-order valence-electron chi connectivity index (χ4n) is 3.08. The van der Waals surface area contributed by atoms with Gasteiger partial charge in [-0.15, -0.1) is 0 Å². The number of rotatable bonds is 6. The van der Waals surface area contributed by atoms with Gasteiger partial charge in [0, 0.05) is 24.5 Å². The molecule has 6 nitrogen and oxygen atoms in total. The Balaban J connectivity index is 1.60. The summed E-state index contributed by atoms with van der Waals surface area (Å²) in [5.74, 6) is -0.211. The summed E-state index contributed by atoms with van der Waals surface area (Å²) in [6, 6.07) is 6.48. The van der Waals surface area contributed by atoms with E-state index in [1.54, 1.807) is 4.68 Å². The number of esters is 1. The number of likely N-dealkylation sites (tertiary alicyclic amines) is 1. The third-order valence-corrected chi connectivity index (χ3v) is 4.24. The van der Waals surface area contributed by atoms with Crippen LogP contribution in [0.4, 0.5) is 0 Å². The number of aromatic nitrogens is 3. The number of carbonyl (C=O) groups excluding carboxylic acids is 1. The van der Waals surface area contributed by atoms with E-state index in [1.165, 1.54) is 13.5 Å². The van der Waals surface area contributed by atoms with Gasteiger partial charge in [0.2, 0.25) is 0 Å². The summed E-state index contributed by atoms with van der Waals surface area (Å²) < 4.78 is 6.46. The number of hydrogen-bond acceptors (Lipinski definition) is 5. The highest BCUT2D eigenvalue weighted by Crippen LogP contribution is 2.31. The second-order valence-electron chi connectivity index (χ2n) is 5.82. The monoisotopic (exact) mass is 314 g/mol. The van der Waals surface area contributed by atoms with Gasteiger partial charge in [0.05, 0.1) is 38.0 Å². The second kappa shape index (κ2) is 7.37. The predicted octanol–water partition coefficient (Wildman–Crippen LogP) is 2.18. The quantitative estimate of drug-likeness (QED) is 0.765. The van der Waals surface area contributed by atoms with Gasteiger partial charge >= 0.3 is 5.97 Å². The average Bonchev–Trinajstić information content (AvgIpc) is 3.23. The molecule has 122 valence electrons. The molecule has 3 rings (SSSR count). The smallest absolute Gasteiger partial charge is 0.307 e. The van der Waals surface area contributed by atoms with Crippen LogP contribution in [0, 0.1) is 0 Å².